The van der Waals surface area contributed by atoms with E-state index in [9.17, 15) is 4.79 Å². The first-order chi connectivity index (χ1) is 12.3. The maximum atomic E-state index is 11.8. The Labute approximate surface area is 148 Å². The third-order valence-corrected chi connectivity index (χ3v) is 4.70. The van der Waals surface area contributed by atoms with Crippen LogP contribution in [0.4, 0.5) is 11.4 Å². The predicted octanol–water partition coefficient (Wildman–Crippen LogP) is 4.37. The second-order valence-electron chi connectivity index (χ2n) is 6.33. The lowest BCUT2D eigenvalue weighted by molar-refractivity contribution is -0.107. The number of benzene rings is 3. The average Bonchev–Trinajstić information content (AvgIpc) is 2.66. The van der Waals surface area contributed by atoms with Crippen LogP contribution in [-0.2, 0) is 24.4 Å². The Morgan fingerprint density at radius 1 is 0.720 bits per heavy atom. The van der Waals surface area contributed by atoms with Gasteiger partial charge >= 0.3 is 0 Å². The molecule has 3 aromatic carbocycles. The molecule has 1 heterocycles. The molecule has 1 aliphatic rings. The number of nitrogens with zero attached hydrogens (tertiary/aromatic N) is 2. The predicted molar refractivity (Wildman–Crippen MR) is 101 cm³/mol. The topological polar surface area (TPSA) is 23.6 Å². The van der Waals surface area contributed by atoms with E-state index in [4.69, 9.17) is 0 Å². The van der Waals surface area contributed by atoms with Crippen molar-refractivity contribution in [3.8, 4) is 0 Å². The second kappa shape index (κ2) is 6.81. The Morgan fingerprint density at radius 3 is 2.04 bits per heavy atom. The molecule has 3 heteroatoms. The Bertz CT molecular complexity index is 876. The molecule has 0 saturated carbocycles. The summed E-state index contributed by atoms with van der Waals surface area (Å²) in [6.45, 7) is 2.24. The molecule has 1 amide bonds. The number of fused-ring (bicyclic) bond motifs is 2. The van der Waals surface area contributed by atoms with Gasteiger partial charge in [-0.3, -0.25) is 4.79 Å². The molecule has 3 nitrogen and oxygen atoms in total. The summed E-state index contributed by atoms with van der Waals surface area (Å²) in [7, 11) is 0. The number of hydrogen-bond donors (Lipinski definition) is 0. The van der Waals surface area contributed by atoms with Crippen LogP contribution in [0.1, 0.15) is 16.7 Å². The monoisotopic (exact) mass is 328 g/mol. The zero-order valence-electron chi connectivity index (χ0n) is 14.0. The van der Waals surface area contributed by atoms with Crippen molar-refractivity contribution >= 4 is 17.8 Å². The second-order valence-corrected chi connectivity index (χ2v) is 6.33. The fourth-order valence-electron chi connectivity index (χ4n) is 3.44. The molecular weight excluding hydrogens is 308 g/mol. The maximum Gasteiger partial charge on any atom is 0.214 e. The molecule has 124 valence electrons. The van der Waals surface area contributed by atoms with Crippen LogP contribution in [0, 0.1) is 0 Å². The van der Waals surface area contributed by atoms with Gasteiger partial charge in [-0.2, -0.15) is 0 Å². The minimum atomic E-state index is 0.607. The fourth-order valence-corrected chi connectivity index (χ4v) is 3.44. The molecule has 0 aliphatic carbocycles. The summed E-state index contributed by atoms with van der Waals surface area (Å²) >= 11 is 0. The highest BCUT2D eigenvalue weighted by Gasteiger charge is 2.21. The quantitative estimate of drug-likeness (QED) is 0.667. The first kappa shape index (κ1) is 15.5. The van der Waals surface area contributed by atoms with Crippen LogP contribution in [0.15, 0.2) is 78.9 Å². The zero-order valence-corrected chi connectivity index (χ0v) is 14.0. The third kappa shape index (κ3) is 3.13. The van der Waals surface area contributed by atoms with Crippen LogP contribution >= 0.6 is 0 Å². The third-order valence-electron chi connectivity index (χ3n) is 4.70. The molecule has 0 unspecified atom stereocenters. The van der Waals surface area contributed by atoms with Gasteiger partial charge in [0.05, 0.1) is 17.9 Å². The molecule has 0 atom stereocenters. The van der Waals surface area contributed by atoms with Crippen LogP contribution in [0.5, 0.6) is 0 Å². The minimum Gasteiger partial charge on any atom is -0.361 e. The van der Waals surface area contributed by atoms with E-state index in [0.29, 0.717) is 6.54 Å². The average molecular weight is 328 g/mol. The lowest BCUT2D eigenvalue weighted by Gasteiger charge is -2.33. The van der Waals surface area contributed by atoms with Crippen molar-refractivity contribution in [2.75, 3.05) is 9.80 Å². The van der Waals surface area contributed by atoms with Gasteiger partial charge in [0, 0.05) is 13.1 Å². The summed E-state index contributed by atoms with van der Waals surface area (Å²) in [5.41, 5.74) is 5.77. The molecule has 4 rings (SSSR count). The van der Waals surface area contributed by atoms with Crippen molar-refractivity contribution < 1.29 is 4.79 Å². The van der Waals surface area contributed by atoms with Crippen molar-refractivity contribution in [2.45, 2.75) is 19.6 Å². The van der Waals surface area contributed by atoms with Gasteiger partial charge in [0.2, 0.25) is 6.41 Å². The van der Waals surface area contributed by atoms with Crippen molar-refractivity contribution in [2.24, 2.45) is 0 Å². The number of carbonyl (C=O) groups excluding carboxylic acids is 1. The molecule has 0 radical (unpaired) electrons. The van der Waals surface area contributed by atoms with Crippen LogP contribution in [0.2, 0.25) is 0 Å². The van der Waals surface area contributed by atoms with Crippen LogP contribution < -0.4 is 9.80 Å². The van der Waals surface area contributed by atoms with E-state index in [1.807, 2.05) is 30.3 Å². The molecule has 1 aliphatic heterocycles. The molecule has 0 spiro atoms. The smallest absolute Gasteiger partial charge is 0.214 e. The summed E-state index contributed by atoms with van der Waals surface area (Å²) in [6, 6.07) is 27.0. The normalized spacial score (nSPS) is 13.4. The fraction of sp³-hybridized carbons (Fsp3) is 0.136. The number of amides is 1. The summed E-state index contributed by atoms with van der Waals surface area (Å²) in [4.78, 5) is 15.9. The number of hydrogen-bond acceptors (Lipinski definition) is 2. The molecule has 3 aromatic rings. The SMILES string of the molecule is O=CN1Cc2ccccc2CN(Cc2ccccc2)c2ccccc21. The molecule has 0 bridgehead atoms. The largest absolute Gasteiger partial charge is 0.361 e. The van der Waals surface area contributed by atoms with E-state index < -0.39 is 0 Å². The number of rotatable bonds is 3. The zero-order chi connectivity index (χ0) is 17.1. The van der Waals surface area contributed by atoms with E-state index in [-0.39, 0.29) is 0 Å². The van der Waals surface area contributed by atoms with Gasteiger partial charge in [-0.25, -0.2) is 0 Å². The molecule has 25 heavy (non-hydrogen) atoms. The van der Waals surface area contributed by atoms with Gasteiger partial charge < -0.3 is 9.80 Å². The van der Waals surface area contributed by atoms with Crippen molar-refractivity contribution in [1.29, 1.82) is 0 Å². The molecule has 0 N–H and O–H groups in total. The Kier molecular flexibility index (Phi) is 4.21. The van der Waals surface area contributed by atoms with Gasteiger partial charge in [0.15, 0.2) is 0 Å². The van der Waals surface area contributed by atoms with E-state index >= 15 is 0 Å². The highest BCUT2D eigenvalue weighted by Crippen LogP contribution is 2.34. The van der Waals surface area contributed by atoms with Gasteiger partial charge in [0.1, 0.15) is 0 Å². The lowest BCUT2D eigenvalue weighted by atomic mass is 10.0. The van der Waals surface area contributed by atoms with E-state index in [1.165, 1.54) is 16.7 Å². The van der Waals surface area contributed by atoms with Crippen LogP contribution in [0.3, 0.4) is 0 Å². The number of anilines is 2. The van der Waals surface area contributed by atoms with Crippen molar-refractivity contribution in [3.05, 3.63) is 95.6 Å². The molecule has 0 saturated heterocycles. The van der Waals surface area contributed by atoms with Crippen LogP contribution in [0.25, 0.3) is 0 Å². The van der Waals surface area contributed by atoms with Gasteiger partial charge in [0.25, 0.3) is 0 Å². The Balaban J connectivity index is 1.81. The summed E-state index contributed by atoms with van der Waals surface area (Å²) in [5.74, 6) is 0. The number of carbonyl (C=O) groups is 1. The molecule has 0 fully saturated rings. The standard InChI is InChI=1S/C22H20N2O/c25-17-24-16-20-11-5-4-10-19(20)15-23(14-18-8-2-1-3-9-18)21-12-6-7-13-22(21)24/h1-13,17H,14-16H2. The van der Waals surface area contributed by atoms with Crippen molar-refractivity contribution in [1.82, 2.24) is 0 Å². The van der Waals surface area contributed by atoms with Crippen LogP contribution in [-0.4, -0.2) is 6.41 Å². The van der Waals surface area contributed by atoms with E-state index in [0.717, 1.165) is 30.9 Å². The van der Waals surface area contributed by atoms with Gasteiger partial charge in [-0.05, 0) is 28.8 Å². The summed E-state index contributed by atoms with van der Waals surface area (Å²) in [6.07, 6.45) is 0.932. The highest BCUT2D eigenvalue weighted by atomic mass is 16.1. The number of para-hydroxylation sites is 2. The highest BCUT2D eigenvalue weighted by molar-refractivity contribution is 5.84. The van der Waals surface area contributed by atoms with E-state index in [2.05, 4.69) is 53.4 Å². The minimum absolute atomic E-state index is 0.607. The molecular formula is C22H20N2O. The van der Waals surface area contributed by atoms with Gasteiger partial charge in [-0.15, -0.1) is 0 Å². The maximum absolute atomic E-state index is 11.8. The van der Waals surface area contributed by atoms with E-state index in [1.54, 1.807) is 4.90 Å². The first-order valence-electron chi connectivity index (χ1n) is 8.52. The molecule has 0 aromatic heterocycles. The summed E-state index contributed by atoms with van der Waals surface area (Å²) in [5, 5.41) is 0. The van der Waals surface area contributed by atoms with Crippen molar-refractivity contribution in [3.63, 3.8) is 0 Å². The Hall–Kier alpha value is -3.07. The Morgan fingerprint density at radius 2 is 1.32 bits per heavy atom. The summed E-state index contributed by atoms with van der Waals surface area (Å²) < 4.78 is 0. The van der Waals surface area contributed by atoms with Gasteiger partial charge in [-0.1, -0.05) is 66.7 Å². The first-order valence-corrected chi connectivity index (χ1v) is 8.52. The lowest BCUT2D eigenvalue weighted by Crippen LogP contribution is -2.30.